The zero-order chi connectivity index (χ0) is 12.3. The highest BCUT2D eigenvalue weighted by molar-refractivity contribution is 5.41. The molecule has 1 saturated carbocycles. The Labute approximate surface area is 104 Å². The van der Waals surface area contributed by atoms with Gasteiger partial charge < -0.3 is 15.4 Å². The van der Waals surface area contributed by atoms with Crippen molar-refractivity contribution in [3.63, 3.8) is 0 Å². The first-order valence-electron chi connectivity index (χ1n) is 6.32. The summed E-state index contributed by atoms with van der Waals surface area (Å²) < 4.78 is 5.66. The van der Waals surface area contributed by atoms with Crippen molar-refractivity contribution in [3.8, 4) is 5.75 Å². The fourth-order valence-electron chi connectivity index (χ4n) is 2.03. The molecule has 1 fully saturated rings. The predicted octanol–water partition coefficient (Wildman–Crippen LogP) is 2.24. The second kappa shape index (κ2) is 5.41. The standard InChI is InChI=1S/C14H22N2O/c1-11-9-12(11)10-16(2)7-8-17-14-5-3-13(15)4-6-14/h3-6,11-12H,7-10,15H2,1-2H3. The van der Waals surface area contributed by atoms with E-state index in [1.54, 1.807) is 0 Å². The molecule has 1 aliphatic rings. The summed E-state index contributed by atoms with van der Waals surface area (Å²) in [5.74, 6) is 2.74. The summed E-state index contributed by atoms with van der Waals surface area (Å²) in [6, 6.07) is 7.56. The van der Waals surface area contributed by atoms with Crippen molar-refractivity contribution in [1.29, 1.82) is 0 Å². The van der Waals surface area contributed by atoms with Crippen LogP contribution in [0.4, 0.5) is 5.69 Å². The number of hydrogen-bond donors (Lipinski definition) is 1. The number of benzene rings is 1. The van der Waals surface area contributed by atoms with Crippen molar-refractivity contribution in [2.75, 3.05) is 32.5 Å². The van der Waals surface area contributed by atoms with E-state index in [0.717, 1.165) is 36.4 Å². The van der Waals surface area contributed by atoms with E-state index in [9.17, 15) is 0 Å². The van der Waals surface area contributed by atoms with Crippen LogP contribution < -0.4 is 10.5 Å². The van der Waals surface area contributed by atoms with Gasteiger partial charge >= 0.3 is 0 Å². The summed E-state index contributed by atoms with van der Waals surface area (Å²) in [6.07, 6.45) is 1.39. The smallest absolute Gasteiger partial charge is 0.119 e. The third-order valence-electron chi connectivity index (χ3n) is 3.44. The van der Waals surface area contributed by atoms with E-state index in [4.69, 9.17) is 10.5 Å². The van der Waals surface area contributed by atoms with Gasteiger partial charge in [0, 0.05) is 18.8 Å². The van der Waals surface area contributed by atoms with Gasteiger partial charge in [-0.2, -0.15) is 0 Å². The maximum absolute atomic E-state index is 5.66. The molecule has 0 amide bonds. The molecule has 3 heteroatoms. The number of nitrogens with two attached hydrogens (primary N) is 1. The lowest BCUT2D eigenvalue weighted by molar-refractivity contribution is 0.230. The molecule has 0 spiro atoms. The number of anilines is 1. The molecule has 3 nitrogen and oxygen atoms in total. The van der Waals surface area contributed by atoms with Crippen molar-refractivity contribution < 1.29 is 4.74 Å². The van der Waals surface area contributed by atoms with Crippen LogP contribution in [0.5, 0.6) is 5.75 Å². The van der Waals surface area contributed by atoms with E-state index >= 15 is 0 Å². The van der Waals surface area contributed by atoms with Crippen LogP contribution in [-0.2, 0) is 0 Å². The van der Waals surface area contributed by atoms with Crippen LogP contribution in [0, 0.1) is 11.8 Å². The van der Waals surface area contributed by atoms with E-state index in [-0.39, 0.29) is 0 Å². The molecule has 0 aliphatic heterocycles. The summed E-state index contributed by atoms with van der Waals surface area (Å²) >= 11 is 0. The number of nitrogen functional groups attached to an aromatic ring is 1. The molecule has 0 aromatic heterocycles. The Balaban J connectivity index is 1.63. The van der Waals surface area contributed by atoms with Crippen molar-refractivity contribution in [2.45, 2.75) is 13.3 Å². The maximum atomic E-state index is 5.66. The Morgan fingerprint density at radius 1 is 1.35 bits per heavy atom. The second-order valence-electron chi connectivity index (χ2n) is 5.15. The summed E-state index contributed by atoms with van der Waals surface area (Å²) in [4.78, 5) is 2.35. The molecule has 2 N–H and O–H groups in total. The lowest BCUT2D eigenvalue weighted by Gasteiger charge is -2.16. The van der Waals surface area contributed by atoms with Gasteiger partial charge in [0.15, 0.2) is 0 Å². The predicted molar refractivity (Wildman–Crippen MR) is 71.1 cm³/mol. The Bertz CT molecular complexity index is 350. The largest absolute Gasteiger partial charge is 0.492 e. The third-order valence-corrected chi connectivity index (χ3v) is 3.44. The molecule has 1 aromatic rings. The minimum Gasteiger partial charge on any atom is -0.492 e. The Morgan fingerprint density at radius 2 is 2.00 bits per heavy atom. The number of ether oxygens (including phenoxy) is 1. The fourth-order valence-corrected chi connectivity index (χ4v) is 2.03. The van der Waals surface area contributed by atoms with Gasteiger partial charge in [0.05, 0.1) is 0 Å². The molecule has 0 saturated heterocycles. The molecule has 1 aliphatic carbocycles. The van der Waals surface area contributed by atoms with Gasteiger partial charge in [0.2, 0.25) is 0 Å². The monoisotopic (exact) mass is 234 g/mol. The quantitative estimate of drug-likeness (QED) is 0.767. The number of nitrogens with zero attached hydrogens (tertiary/aromatic N) is 1. The van der Waals surface area contributed by atoms with Gasteiger partial charge in [-0.15, -0.1) is 0 Å². The minimum atomic E-state index is 0.738. The van der Waals surface area contributed by atoms with E-state index < -0.39 is 0 Å². The molecular weight excluding hydrogens is 212 g/mol. The van der Waals surface area contributed by atoms with Crippen molar-refractivity contribution >= 4 is 5.69 Å². The Hall–Kier alpha value is -1.22. The Morgan fingerprint density at radius 3 is 2.59 bits per heavy atom. The molecule has 94 valence electrons. The molecule has 17 heavy (non-hydrogen) atoms. The van der Waals surface area contributed by atoms with Gasteiger partial charge in [0.1, 0.15) is 12.4 Å². The second-order valence-corrected chi connectivity index (χ2v) is 5.15. The lowest BCUT2D eigenvalue weighted by atomic mass is 10.3. The number of hydrogen-bond acceptors (Lipinski definition) is 3. The van der Waals surface area contributed by atoms with Gasteiger partial charge in [-0.1, -0.05) is 6.92 Å². The van der Waals surface area contributed by atoms with E-state index in [0.29, 0.717) is 0 Å². The van der Waals surface area contributed by atoms with Gasteiger partial charge in [-0.3, -0.25) is 0 Å². The zero-order valence-corrected chi connectivity index (χ0v) is 10.7. The van der Waals surface area contributed by atoms with Crippen LogP contribution in [0.2, 0.25) is 0 Å². The average Bonchev–Trinajstić information content (AvgIpc) is 2.97. The first-order chi connectivity index (χ1) is 8.15. The highest BCUT2D eigenvalue weighted by Crippen LogP contribution is 2.37. The average molecular weight is 234 g/mol. The van der Waals surface area contributed by atoms with Crippen molar-refractivity contribution in [2.24, 2.45) is 11.8 Å². The first-order valence-corrected chi connectivity index (χ1v) is 6.32. The number of rotatable bonds is 6. The van der Waals surface area contributed by atoms with Crippen LogP contribution in [0.25, 0.3) is 0 Å². The topological polar surface area (TPSA) is 38.5 Å². The summed E-state index contributed by atoms with van der Waals surface area (Å²) in [5, 5.41) is 0. The first kappa shape index (κ1) is 12.2. The SMILES string of the molecule is CC1CC1CN(C)CCOc1ccc(N)cc1. The molecular formula is C14H22N2O. The highest BCUT2D eigenvalue weighted by Gasteiger charge is 2.32. The molecule has 0 bridgehead atoms. The number of likely N-dealkylation sites (N-methyl/N-ethyl adjacent to an activating group) is 1. The zero-order valence-electron chi connectivity index (χ0n) is 10.7. The summed E-state index contributed by atoms with van der Waals surface area (Å²) in [6.45, 7) is 5.24. The summed E-state index contributed by atoms with van der Waals surface area (Å²) in [5.41, 5.74) is 6.39. The van der Waals surface area contributed by atoms with Crippen LogP contribution in [0.3, 0.4) is 0 Å². The van der Waals surface area contributed by atoms with Gasteiger partial charge in [0.25, 0.3) is 0 Å². The van der Waals surface area contributed by atoms with E-state index in [1.807, 2.05) is 24.3 Å². The molecule has 0 radical (unpaired) electrons. The van der Waals surface area contributed by atoms with Crippen LogP contribution in [0.1, 0.15) is 13.3 Å². The normalized spacial score (nSPS) is 22.8. The molecule has 2 rings (SSSR count). The molecule has 2 atom stereocenters. The summed E-state index contributed by atoms with van der Waals surface area (Å²) in [7, 11) is 2.16. The van der Waals surface area contributed by atoms with Crippen LogP contribution >= 0.6 is 0 Å². The van der Waals surface area contributed by atoms with E-state index in [2.05, 4.69) is 18.9 Å². The van der Waals surface area contributed by atoms with Crippen LogP contribution in [0.15, 0.2) is 24.3 Å². The highest BCUT2D eigenvalue weighted by atomic mass is 16.5. The molecule has 1 aromatic carbocycles. The lowest BCUT2D eigenvalue weighted by Crippen LogP contribution is -2.26. The minimum absolute atomic E-state index is 0.738. The van der Waals surface area contributed by atoms with E-state index in [1.165, 1.54) is 13.0 Å². The molecule has 2 unspecified atom stereocenters. The van der Waals surface area contributed by atoms with Crippen molar-refractivity contribution in [3.05, 3.63) is 24.3 Å². The van der Waals surface area contributed by atoms with Gasteiger partial charge in [-0.25, -0.2) is 0 Å². The van der Waals surface area contributed by atoms with Crippen molar-refractivity contribution in [1.82, 2.24) is 4.90 Å². The Kier molecular flexibility index (Phi) is 3.89. The third kappa shape index (κ3) is 3.93. The van der Waals surface area contributed by atoms with Crippen LogP contribution in [-0.4, -0.2) is 31.6 Å². The maximum Gasteiger partial charge on any atom is 0.119 e. The van der Waals surface area contributed by atoms with Gasteiger partial charge in [-0.05, 0) is 49.6 Å². The fraction of sp³-hybridized carbons (Fsp3) is 0.571. The molecule has 0 heterocycles.